The molecule has 0 aromatic heterocycles. The zero-order valence-corrected chi connectivity index (χ0v) is 14.5. The van der Waals surface area contributed by atoms with Crippen molar-refractivity contribution in [2.45, 2.75) is 32.1 Å². The molecule has 5 nitrogen and oxygen atoms in total. The first-order valence-corrected chi connectivity index (χ1v) is 8.66. The molecule has 0 aliphatic rings. The highest BCUT2D eigenvalue weighted by Crippen LogP contribution is 2.27. The molecule has 0 radical (unpaired) electrons. The summed E-state index contributed by atoms with van der Waals surface area (Å²) in [4.78, 5) is 2.41. The fraction of sp³-hybridized carbons (Fsp3) is 0.600. The normalized spacial score (nSPS) is 12.3. The van der Waals surface area contributed by atoms with Crippen molar-refractivity contribution in [3.8, 4) is 0 Å². The summed E-state index contributed by atoms with van der Waals surface area (Å²) in [5.74, 6) is 0. The molecule has 0 aliphatic heterocycles. The lowest BCUT2D eigenvalue weighted by molar-refractivity contribution is 0.356. The molecule has 0 atom stereocenters. The molecule has 1 aromatic rings. The van der Waals surface area contributed by atoms with Gasteiger partial charge in [-0.2, -0.15) is 4.31 Å². The van der Waals surface area contributed by atoms with Gasteiger partial charge in [0.1, 0.15) is 0 Å². The van der Waals surface area contributed by atoms with E-state index in [4.69, 9.17) is 5.73 Å². The van der Waals surface area contributed by atoms with Crippen LogP contribution < -0.4 is 5.73 Å². The number of hydrogen-bond acceptors (Lipinski definition) is 4. The Hall–Kier alpha value is -1.11. The van der Waals surface area contributed by atoms with E-state index in [1.165, 1.54) is 4.31 Å². The van der Waals surface area contributed by atoms with E-state index in [0.29, 0.717) is 29.2 Å². The van der Waals surface area contributed by atoms with Gasteiger partial charge in [-0.1, -0.05) is 13.0 Å². The van der Waals surface area contributed by atoms with Crippen LogP contribution in [-0.2, 0) is 10.0 Å². The summed E-state index contributed by atoms with van der Waals surface area (Å²) < 4.78 is 27.3. The minimum atomic E-state index is -3.50. The van der Waals surface area contributed by atoms with Crippen molar-refractivity contribution in [2.75, 3.05) is 39.5 Å². The molecule has 0 aliphatic carbocycles. The number of nitrogens with zero attached hydrogens (tertiary/aromatic N) is 2. The number of nitrogens with two attached hydrogens (primary N) is 1. The van der Waals surface area contributed by atoms with Gasteiger partial charge in [0.2, 0.25) is 10.0 Å². The molecule has 0 heterocycles. The van der Waals surface area contributed by atoms with E-state index in [0.717, 1.165) is 18.5 Å². The van der Waals surface area contributed by atoms with Crippen molar-refractivity contribution < 1.29 is 8.42 Å². The van der Waals surface area contributed by atoms with Gasteiger partial charge in [-0.3, -0.25) is 0 Å². The summed E-state index contributed by atoms with van der Waals surface area (Å²) in [7, 11) is 0.468. The highest BCUT2D eigenvalue weighted by Gasteiger charge is 2.27. The van der Waals surface area contributed by atoms with Crippen LogP contribution in [0.2, 0.25) is 0 Å². The lowest BCUT2D eigenvalue weighted by atomic mass is 10.1. The van der Waals surface area contributed by atoms with E-state index in [2.05, 4.69) is 4.90 Å². The van der Waals surface area contributed by atoms with Gasteiger partial charge in [-0.15, -0.1) is 0 Å². The highest BCUT2D eigenvalue weighted by atomic mass is 32.2. The van der Waals surface area contributed by atoms with Gasteiger partial charge in [-0.25, -0.2) is 8.42 Å². The van der Waals surface area contributed by atoms with Crippen LogP contribution in [0.15, 0.2) is 17.0 Å². The van der Waals surface area contributed by atoms with Crippen LogP contribution in [0.3, 0.4) is 0 Å². The van der Waals surface area contributed by atoms with Gasteiger partial charge < -0.3 is 10.6 Å². The smallest absolute Gasteiger partial charge is 0.243 e. The fourth-order valence-corrected chi connectivity index (χ4v) is 4.33. The zero-order valence-electron chi connectivity index (χ0n) is 13.7. The predicted molar refractivity (Wildman–Crippen MR) is 87.9 cm³/mol. The van der Waals surface area contributed by atoms with Crippen molar-refractivity contribution in [3.63, 3.8) is 0 Å². The number of sulfonamides is 1. The molecule has 6 heteroatoms. The number of hydrogen-bond donors (Lipinski definition) is 1. The number of benzene rings is 1. The van der Waals surface area contributed by atoms with Gasteiger partial charge in [0, 0.05) is 18.8 Å². The van der Waals surface area contributed by atoms with Crippen molar-refractivity contribution >= 4 is 15.7 Å². The molecule has 0 bridgehead atoms. The second-order valence-corrected chi connectivity index (χ2v) is 7.45. The number of rotatable bonds is 7. The Bertz CT molecular complexity index is 583. The van der Waals surface area contributed by atoms with E-state index in [1.807, 2.05) is 27.9 Å². The van der Waals surface area contributed by atoms with Crippen LogP contribution in [0.4, 0.5) is 5.69 Å². The predicted octanol–water partition coefficient (Wildman–Crippen LogP) is 1.85. The summed E-state index contributed by atoms with van der Waals surface area (Å²) >= 11 is 0. The summed E-state index contributed by atoms with van der Waals surface area (Å²) in [5, 5.41) is 0. The van der Waals surface area contributed by atoms with Gasteiger partial charge >= 0.3 is 0 Å². The van der Waals surface area contributed by atoms with Crippen LogP contribution in [0.25, 0.3) is 0 Å². The second kappa shape index (κ2) is 7.24. The average Bonchev–Trinajstić information content (AvgIpc) is 2.38. The first kappa shape index (κ1) is 17.9. The second-order valence-electron chi connectivity index (χ2n) is 5.58. The lowest BCUT2D eigenvalue weighted by Gasteiger charge is -2.24. The molecule has 0 unspecified atom stereocenters. The fourth-order valence-electron chi connectivity index (χ4n) is 2.38. The first-order chi connectivity index (χ1) is 9.71. The molecule has 1 aromatic carbocycles. The molecule has 21 heavy (non-hydrogen) atoms. The van der Waals surface area contributed by atoms with Crippen LogP contribution in [0, 0.1) is 13.8 Å². The largest absolute Gasteiger partial charge is 0.398 e. The molecule has 0 spiro atoms. The van der Waals surface area contributed by atoms with E-state index in [9.17, 15) is 8.42 Å². The van der Waals surface area contributed by atoms with Crippen LogP contribution >= 0.6 is 0 Å². The maximum absolute atomic E-state index is 12.9. The van der Waals surface area contributed by atoms with E-state index < -0.39 is 10.0 Å². The van der Waals surface area contributed by atoms with Gasteiger partial charge in [0.05, 0.1) is 4.90 Å². The van der Waals surface area contributed by atoms with Crippen molar-refractivity contribution in [1.82, 2.24) is 9.21 Å². The SMILES string of the molecule is CCN(CCCN(C)C)S(=O)(=O)c1c(C)ccc(N)c1C. The maximum atomic E-state index is 12.9. The number of aryl methyl sites for hydroxylation is 1. The average molecular weight is 313 g/mol. The topological polar surface area (TPSA) is 66.6 Å². The third kappa shape index (κ3) is 4.18. The van der Waals surface area contributed by atoms with E-state index in [1.54, 1.807) is 19.1 Å². The van der Waals surface area contributed by atoms with Crippen molar-refractivity contribution in [2.24, 2.45) is 0 Å². The molecule has 0 saturated carbocycles. The minimum absolute atomic E-state index is 0.356. The van der Waals surface area contributed by atoms with Gasteiger partial charge in [-0.05, 0) is 58.1 Å². The Morgan fingerprint density at radius 2 is 1.76 bits per heavy atom. The Morgan fingerprint density at radius 3 is 2.29 bits per heavy atom. The molecular formula is C15H27N3O2S. The molecule has 0 amide bonds. The molecule has 0 fully saturated rings. The third-order valence-electron chi connectivity index (χ3n) is 3.61. The Labute approximate surface area is 128 Å². The van der Waals surface area contributed by atoms with Crippen LogP contribution in [-0.4, -0.2) is 51.4 Å². The summed E-state index contributed by atoms with van der Waals surface area (Å²) in [5.41, 5.74) is 7.78. The molecule has 120 valence electrons. The Morgan fingerprint density at radius 1 is 1.14 bits per heavy atom. The van der Waals surface area contributed by atoms with E-state index in [-0.39, 0.29) is 0 Å². The van der Waals surface area contributed by atoms with Crippen molar-refractivity contribution in [1.29, 1.82) is 0 Å². The monoisotopic (exact) mass is 313 g/mol. The Kier molecular flexibility index (Phi) is 6.19. The van der Waals surface area contributed by atoms with Crippen LogP contribution in [0.1, 0.15) is 24.5 Å². The summed E-state index contributed by atoms with van der Waals surface area (Å²) in [6.07, 6.45) is 0.806. The summed E-state index contributed by atoms with van der Waals surface area (Å²) in [6.45, 7) is 7.29. The quantitative estimate of drug-likeness (QED) is 0.780. The van der Waals surface area contributed by atoms with Gasteiger partial charge in [0.15, 0.2) is 0 Å². The molecule has 0 saturated heterocycles. The maximum Gasteiger partial charge on any atom is 0.243 e. The lowest BCUT2D eigenvalue weighted by Crippen LogP contribution is -2.34. The standard InChI is InChI=1S/C15H27N3O2S/c1-6-18(11-7-10-17(4)5)21(19,20)15-12(2)8-9-14(16)13(15)3/h8-9H,6-7,10-11,16H2,1-5H3. The summed E-state index contributed by atoms with van der Waals surface area (Å²) in [6, 6.07) is 3.52. The molecular weight excluding hydrogens is 286 g/mol. The first-order valence-electron chi connectivity index (χ1n) is 7.22. The number of anilines is 1. The van der Waals surface area contributed by atoms with Gasteiger partial charge in [0.25, 0.3) is 0 Å². The number of nitrogen functional groups attached to an aromatic ring is 1. The highest BCUT2D eigenvalue weighted by molar-refractivity contribution is 7.89. The van der Waals surface area contributed by atoms with Crippen molar-refractivity contribution in [3.05, 3.63) is 23.3 Å². The molecule has 2 N–H and O–H groups in total. The van der Waals surface area contributed by atoms with E-state index >= 15 is 0 Å². The zero-order chi connectivity index (χ0) is 16.2. The molecule has 1 rings (SSSR count). The minimum Gasteiger partial charge on any atom is -0.398 e. The Balaban J connectivity index is 3.11. The van der Waals surface area contributed by atoms with Crippen LogP contribution in [0.5, 0.6) is 0 Å². The third-order valence-corrected chi connectivity index (χ3v) is 5.87.